The van der Waals surface area contributed by atoms with Gasteiger partial charge in [-0.15, -0.1) is 0 Å². The minimum atomic E-state index is 0.792. The number of hydrazone groups is 2. The standard InChI is InChI=1S/C22H20N6/c1-3-8-19(9-4-1)27-25-16-14-23-21-12-7-13-22(18-21)24-15-17-26-28-20-10-5-2-6-11-20/h1-18,27-28H. The van der Waals surface area contributed by atoms with Gasteiger partial charge < -0.3 is 0 Å². The summed E-state index contributed by atoms with van der Waals surface area (Å²) in [5, 5.41) is 8.19. The van der Waals surface area contributed by atoms with Crippen LogP contribution in [0.4, 0.5) is 22.7 Å². The number of para-hydroxylation sites is 2. The van der Waals surface area contributed by atoms with E-state index >= 15 is 0 Å². The summed E-state index contributed by atoms with van der Waals surface area (Å²) in [6, 6.07) is 27.0. The number of rotatable bonds is 8. The number of benzene rings is 3. The van der Waals surface area contributed by atoms with Gasteiger partial charge in [-0.3, -0.25) is 20.8 Å². The molecule has 6 nitrogen and oxygen atoms in total. The molecule has 0 radical (unpaired) electrons. The van der Waals surface area contributed by atoms with Crippen LogP contribution in [0.1, 0.15) is 0 Å². The summed E-state index contributed by atoms with van der Waals surface area (Å²) in [6.45, 7) is 0. The van der Waals surface area contributed by atoms with Gasteiger partial charge in [0.15, 0.2) is 0 Å². The van der Waals surface area contributed by atoms with Gasteiger partial charge in [0.2, 0.25) is 0 Å². The third-order valence-corrected chi connectivity index (χ3v) is 3.49. The molecule has 3 rings (SSSR count). The molecule has 0 saturated carbocycles. The molecule has 6 heteroatoms. The van der Waals surface area contributed by atoms with E-state index in [1.807, 2.05) is 84.9 Å². The summed E-state index contributed by atoms with van der Waals surface area (Å²) < 4.78 is 0. The first-order chi connectivity index (χ1) is 13.9. The summed E-state index contributed by atoms with van der Waals surface area (Å²) in [4.78, 5) is 8.70. The molecular formula is C22H20N6. The van der Waals surface area contributed by atoms with Gasteiger partial charge in [-0.25, -0.2) is 0 Å². The van der Waals surface area contributed by atoms with Crippen molar-refractivity contribution in [1.82, 2.24) is 0 Å². The summed E-state index contributed by atoms with van der Waals surface area (Å²) in [6.07, 6.45) is 6.46. The molecule has 0 aromatic heterocycles. The first-order valence-corrected chi connectivity index (χ1v) is 8.74. The smallest absolute Gasteiger partial charge is 0.0655 e. The number of nitrogens with one attached hydrogen (secondary N) is 2. The van der Waals surface area contributed by atoms with Crippen LogP contribution in [0.25, 0.3) is 0 Å². The number of anilines is 2. The van der Waals surface area contributed by atoms with Crippen molar-refractivity contribution in [3.63, 3.8) is 0 Å². The van der Waals surface area contributed by atoms with Crippen LogP contribution < -0.4 is 10.9 Å². The fourth-order valence-corrected chi connectivity index (χ4v) is 2.21. The molecule has 3 aromatic rings. The van der Waals surface area contributed by atoms with Crippen LogP contribution in [-0.4, -0.2) is 24.9 Å². The van der Waals surface area contributed by atoms with Crippen molar-refractivity contribution < 1.29 is 0 Å². The predicted molar refractivity (Wildman–Crippen MR) is 120 cm³/mol. The highest BCUT2D eigenvalue weighted by Crippen LogP contribution is 2.19. The zero-order valence-electron chi connectivity index (χ0n) is 15.2. The Bertz CT molecular complexity index is 886. The van der Waals surface area contributed by atoms with Gasteiger partial charge in [0.05, 0.1) is 35.2 Å². The van der Waals surface area contributed by atoms with Crippen molar-refractivity contribution >= 4 is 47.6 Å². The van der Waals surface area contributed by atoms with Gasteiger partial charge in [0.1, 0.15) is 0 Å². The number of hydrogen-bond acceptors (Lipinski definition) is 6. The highest BCUT2D eigenvalue weighted by atomic mass is 15.3. The summed E-state index contributed by atoms with van der Waals surface area (Å²) >= 11 is 0. The molecule has 3 aromatic carbocycles. The number of nitrogens with zero attached hydrogens (tertiary/aromatic N) is 4. The topological polar surface area (TPSA) is 73.5 Å². The Labute approximate surface area is 164 Å². The van der Waals surface area contributed by atoms with Gasteiger partial charge in [-0.05, 0) is 42.5 Å². The van der Waals surface area contributed by atoms with E-state index in [4.69, 9.17) is 0 Å². The third-order valence-electron chi connectivity index (χ3n) is 3.49. The van der Waals surface area contributed by atoms with Crippen molar-refractivity contribution in [3.05, 3.63) is 84.9 Å². The second-order valence-corrected chi connectivity index (χ2v) is 5.59. The first kappa shape index (κ1) is 18.7. The Morgan fingerprint density at radius 2 is 0.964 bits per heavy atom. The van der Waals surface area contributed by atoms with Gasteiger partial charge in [0.25, 0.3) is 0 Å². The van der Waals surface area contributed by atoms with E-state index in [9.17, 15) is 0 Å². The molecule has 0 atom stereocenters. The molecule has 2 N–H and O–H groups in total. The molecule has 0 aliphatic heterocycles. The summed E-state index contributed by atoms with van der Waals surface area (Å²) in [5.74, 6) is 0. The largest absolute Gasteiger partial charge is 0.278 e. The van der Waals surface area contributed by atoms with Crippen molar-refractivity contribution in [3.8, 4) is 0 Å². The van der Waals surface area contributed by atoms with Gasteiger partial charge >= 0.3 is 0 Å². The zero-order valence-corrected chi connectivity index (χ0v) is 15.2. The zero-order chi connectivity index (χ0) is 19.3. The normalized spacial score (nSPS) is 11.7. The Balaban J connectivity index is 1.49. The molecule has 0 bridgehead atoms. The monoisotopic (exact) mass is 368 g/mol. The van der Waals surface area contributed by atoms with Crippen LogP contribution in [0.5, 0.6) is 0 Å². The predicted octanol–water partition coefficient (Wildman–Crippen LogP) is 5.29. The van der Waals surface area contributed by atoms with E-state index in [0.29, 0.717) is 0 Å². The Morgan fingerprint density at radius 1 is 0.500 bits per heavy atom. The van der Waals surface area contributed by atoms with E-state index < -0.39 is 0 Å². The van der Waals surface area contributed by atoms with Crippen LogP contribution >= 0.6 is 0 Å². The van der Waals surface area contributed by atoms with Crippen molar-refractivity contribution in [2.24, 2.45) is 20.2 Å². The second-order valence-electron chi connectivity index (χ2n) is 5.59. The van der Waals surface area contributed by atoms with Crippen molar-refractivity contribution in [1.29, 1.82) is 0 Å². The van der Waals surface area contributed by atoms with Crippen LogP contribution in [0.3, 0.4) is 0 Å². The van der Waals surface area contributed by atoms with Crippen LogP contribution in [-0.2, 0) is 0 Å². The fraction of sp³-hybridized carbons (Fsp3) is 0. The Hall–Kier alpha value is -4.06. The van der Waals surface area contributed by atoms with Gasteiger partial charge in [-0.2, -0.15) is 10.2 Å². The molecule has 0 spiro atoms. The van der Waals surface area contributed by atoms with E-state index in [0.717, 1.165) is 22.7 Å². The lowest BCUT2D eigenvalue weighted by molar-refractivity contribution is 1.36. The maximum atomic E-state index is 4.35. The maximum absolute atomic E-state index is 4.35. The Kier molecular flexibility index (Phi) is 7.24. The lowest BCUT2D eigenvalue weighted by atomic mass is 10.3. The minimum Gasteiger partial charge on any atom is -0.278 e. The van der Waals surface area contributed by atoms with Crippen LogP contribution in [0.15, 0.2) is 105 Å². The van der Waals surface area contributed by atoms with E-state index in [2.05, 4.69) is 31.0 Å². The number of hydrogen-bond donors (Lipinski definition) is 2. The molecule has 0 aliphatic rings. The van der Waals surface area contributed by atoms with Gasteiger partial charge in [0, 0.05) is 12.4 Å². The molecule has 28 heavy (non-hydrogen) atoms. The number of aliphatic imine (C=N–C) groups is 2. The quantitative estimate of drug-likeness (QED) is 0.419. The summed E-state index contributed by atoms with van der Waals surface area (Å²) in [7, 11) is 0. The molecule has 0 saturated heterocycles. The molecule has 0 aliphatic carbocycles. The molecule has 0 amide bonds. The van der Waals surface area contributed by atoms with Crippen LogP contribution in [0, 0.1) is 0 Å². The Morgan fingerprint density at radius 3 is 1.43 bits per heavy atom. The van der Waals surface area contributed by atoms with Gasteiger partial charge in [-0.1, -0.05) is 42.5 Å². The van der Waals surface area contributed by atoms with E-state index in [1.165, 1.54) is 0 Å². The average Bonchev–Trinajstić information content (AvgIpc) is 2.75. The van der Waals surface area contributed by atoms with Crippen LogP contribution in [0.2, 0.25) is 0 Å². The molecular weight excluding hydrogens is 348 g/mol. The second kappa shape index (κ2) is 10.8. The highest BCUT2D eigenvalue weighted by Gasteiger charge is 1.91. The third kappa shape index (κ3) is 6.68. The van der Waals surface area contributed by atoms with Crippen molar-refractivity contribution in [2.75, 3.05) is 10.9 Å². The van der Waals surface area contributed by atoms with E-state index in [1.54, 1.807) is 24.9 Å². The minimum absolute atomic E-state index is 0.792. The van der Waals surface area contributed by atoms with E-state index in [-0.39, 0.29) is 0 Å². The SMILES string of the molecule is C(C=Nc1cccc(N=CC=NNc2ccccc2)c1)=NNc1ccccc1. The average molecular weight is 368 g/mol. The molecule has 0 unspecified atom stereocenters. The fourth-order valence-electron chi connectivity index (χ4n) is 2.21. The lowest BCUT2D eigenvalue weighted by Gasteiger charge is -1.97. The molecule has 138 valence electrons. The first-order valence-electron chi connectivity index (χ1n) is 8.74. The van der Waals surface area contributed by atoms with Crippen molar-refractivity contribution in [2.45, 2.75) is 0 Å². The highest BCUT2D eigenvalue weighted by molar-refractivity contribution is 6.17. The molecule has 0 heterocycles. The molecule has 0 fully saturated rings. The summed E-state index contributed by atoms with van der Waals surface area (Å²) in [5.41, 5.74) is 9.29. The maximum Gasteiger partial charge on any atom is 0.0655 e. The lowest BCUT2D eigenvalue weighted by Crippen LogP contribution is -1.89.